The van der Waals surface area contributed by atoms with Crippen LogP contribution in [0.4, 0.5) is 0 Å². The molecule has 0 saturated heterocycles. The Morgan fingerprint density at radius 1 is 1.54 bits per heavy atom. The van der Waals surface area contributed by atoms with Gasteiger partial charge in [0.05, 0.1) is 0 Å². The van der Waals surface area contributed by atoms with Gasteiger partial charge in [-0.1, -0.05) is 12.1 Å². The Hall–Kier alpha value is -1.02. The molecule has 0 radical (unpaired) electrons. The molecule has 68 valence electrons. The Kier molecular flexibility index (Phi) is 2.50. The highest BCUT2D eigenvalue weighted by atomic mass is 32.1. The highest BCUT2D eigenvalue weighted by molar-refractivity contribution is 7.11. The maximum absolute atomic E-state index is 2.29. The number of thiophene rings is 1. The molecule has 1 nitrogen and oxygen atoms in total. The van der Waals surface area contributed by atoms with Gasteiger partial charge in [-0.15, -0.1) is 11.3 Å². The topological polar surface area (TPSA) is 3.24 Å². The second-order valence-corrected chi connectivity index (χ2v) is 3.99. The molecule has 0 N–H and O–H groups in total. The second kappa shape index (κ2) is 3.79. The van der Waals surface area contributed by atoms with E-state index in [9.17, 15) is 0 Å². The minimum Gasteiger partial charge on any atom is -0.374 e. The van der Waals surface area contributed by atoms with Crippen molar-refractivity contribution in [3.8, 4) is 0 Å². The van der Waals surface area contributed by atoms with Crippen LogP contribution in [-0.4, -0.2) is 18.0 Å². The van der Waals surface area contributed by atoms with Crippen LogP contribution < -0.4 is 0 Å². The summed E-state index contributed by atoms with van der Waals surface area (Å²) in [5, 5.41) is 2.12. The van der Waals surface area contributed by atoms with Gasteiger partial charge in [-0.05, 0) is 36.2 Å². The van der Waals surface area contributed by atoms with Crippen LogP contribution in [0.3, 0.4) is 0 Å². The van der Waals surface area contributed by atoms with Crippen molar-refractivity contribution in [2.45, 2.75) is 6.92 Å². The molecule has 0 fully saturated rings. The van der Waals surface area contributed by atoms with Crippen LogP contribution in [0.25, 0.3) is 5.57 Å². The third kappa shape index (κ3) is 1.83. The molecule has 1 aromatic heterocycles. The fourth-order valence-corrected chi connectivity index (χ4v) is 2.14. The van der Waals surface area contributed by atoms with E-state index in [0.717, 1.165) is 13.1 Å². The molecule has 0 bridgehead atoms. The molecular weight excluding hydrogens is 178 g/mol. The quantitative estimate of drug-likeness (QED) is 0.694. The molecule has 0 aliphatic carbocycles. The summed E-state index contributed by atoms with van der Waals surface area (Å²) in [6.07, 6.45) is 6.66. The highest BCUT2D eigenvalue weighted by Gasteiger charge is 2.04. The number of likely N-dealkylation sites (N-methyl/N-ethyl adjacent to an activating group) is 1. The number of allylic oxidation sites excluding steroid dienone is 2. The predicted molar refractivity (Wildman–Crippen MR) is 58.7 cm³/mol. The van der Waals surface area contributed by atoms with Crippen LogP contribution in [0.5, 0.6) is 0 Å². The third-order valence-electron chi connectivity index (χ3n) is 2.22. The molecule has 1 aliphatic heterocycles. The van der Waals surface area contributed by atoms with Gasteiger partial charge in [0, 0.05) is 18.0 Å². The first-order chi connectivity index (χ1) is 6.40. The zero-order chi connectivity index (χ0) is 9.10. The summed E-state index contributed by atoms with van der Waals surface area (Å²) in [6.45, 7) is 4.30. The van der Waals surface area contributed by atoms with Crippen molar-refractivity contribution < 1.29 is 0 Å². The molecule has 2 heteroatoms. The Labute approximate surface area is 83.0 Å². The monoisotopic (exact) mass is 191 g/mol. The fourth-order valence-electron chi connectivity index (χ4n) is 1.39. The van der Waals surface area contributed by atoms with Crippen molar-refractivity contribution in [1.29, 1.82) is 0 Å². The van der Waals surface area contributed by atoms with E-state index in [4.69, 9.17) is 0 Å². The highest BCUT2D eigenvalue weighted by Crippen LogP contribution is 2.23. The number of nitrogens with zero attached hydrogens (tertiary/aromatic N) is 1. The molecule has 0 spiro atoms. The molecular formula is C11H13NS. The number of hydrogen-bond donors (Lipinski definition) is 0. The molecule has 0 amide bonds. The smallest absolute Gasteiger partial charge is 0.0363 e. The summed E-state index contributed by atoms with van der Waals surface area (Å²) in [5.74, 6) is 0. The number of rotatable bonds is 2. The Balaban J connectivity index is 2.13. The predicted octanol–water partition coefficient (Wildman–Crippen LogP) is 2.98. The van der Waals surface area contributed by atoms with E-state index in [0.29, 0.717) is 0 Å². The lowest BCUT2D eigenvalue weighted by Crippen LogP contribution is -2.18. The van der Waals surface area contributed by atoms with E-state index in [1.54, 1.807) is 11.3 Å². The molecule has 2 rings (SSSR count). The van der Waals surface area contributed by atoms with Gasteiger partial charge in [0.2, 0.25) is 0 Å². The van der Waals surface area contributed by atoms with E-state index in [-0.39, 0.29) is 0 Å². The van der Waals surface area contributed by atoms with E-state index in [1.807, 2.05) is 0 Å². The Morgan fingerprint density at radius 2 is 2.46 bits per heavy atom. The lowest BCUT2D eigenvalue weighted by molar-refractivity contribution is 0.437. The first kappa shape index (κ1) is 8.57. The largest absolute Gasteiger partial charge is 0.374 e. The van der Waals surface area contributed by atoms with Crippen molar-refractivity contribution >= 4 is 16.9 Å². The maximum atomic E-state index is 2.29. The summed E-state index contributed by atoms with van der Waals surface area (Å²) < 4.78 is 0. The molecule has 0 unspecified atom stereocenters. The summed E-state index contributed by atoms with van der Waals surface area (Å²) in [6, 6.07) is 4.27. The van der Waals surface area contributed by atoms with Crippen LogP contribution in [-0.2, 0) is 0 Å². The van der Waals surface area contributed by atoms with E-state index >= 15 is 0 Å². The normalized spacial score (nSPS) is 16.1. The fraction of sp³-hybridized carbons (Fsp3) is 0.273. The molecule has 2 heterocycles. The minimum absolute atomic E-state index is 1.04. The molecule has 0 saturated carbocycles. The van der Waals surface area contributed by atoms with Crippen LogP contribution in [0, 0.1) is 0 Å². The van der Waals surface area contributed by atoms with Gasteiger partial charge in [-0.3, -0.25) is 0 Å². The molecule has 13 heavy (non-hydrogen) atoms. The summed E-state index contributed by atoms with van der Waals surface area (Å²) in [7, 11) is 0. The van der Waals surface area contributed by atoms with Gasteiger partial charge in [0.25, 0.3) is 0 Å². The van der Waals surface area contributed by atoms with E-state index < -0.39 is 0 Å². The van der Waals surface area contributed by atoms with Gasteiger partial charge in [0.15, 0.2) is 0 Å². The van der Waals surface area contributed by atoms with Gasteiger partial charge in [0.1, 0.15) is 0 Å². The summed E-state index contributed by atoms with van der Waals surface area (Å²) in [5.41, 5.74) is 1.36. The number of hydrogen-bond acceptors (Lipinski definition) is 2. The zero-order valence-electron chi connectivity index (χ0n) is 7.73. The van der Waals surface area contributed by atoms with Crippen LogP contribution in [0.15, 0.2) is 35.9 Å². The first-order valence-electron chi connectivity index (χ1n) is 4.56. The van der Waals surface area contributed by atoms with Crippen molar-refractivity contribution in [2.24, 2.45) is 0 Å². The van der Waals surface area contributed by atoms with Crippen molar-refractivity contribution in [3.63, 3.8) is 0 Å². The summed E-state index contributed by atoms with van der Waals surface area (Å²) >= 11 is 1.80. The average Bonchev–Trinajstić information content (AvgIpc) is 2.71. The van der Waals surface area contributed by atoms with E-state index in [1.165, 1.54) is 10.5 Å². The minimum atomic E-state index is 1.04. The molecule has 1 aliphatic rings. The second-order valence-electron chi connectivity index (χ2n) is 3.04. The average molecular weight is 191 g/mol. The van der Waals surface area contributed by atoms with Crippen molar-refractivity contribution in [2.75, 3.05) is 13.1 Å². The standard InChI is InChI=1S/C11H13NS/c1-2-12-7-5-10(6-8-12)11-4-3-9-13-11/h3-7,9H,2,8H2,1H3. The Bertz CT molecular complexity index is 322. The molecule has 0 aromatic carbocycles. The summed E-state index contributed by atoms with van der Waals surface area (Å²) in [4.78, 5) is 3.66. The van der Waals surface area contributed by atoms with E-state index in [2.05, 4.69) is 47.7 Å². The van der Waals surface area contributed by atoms with Gasteiger partial charge >= 0.3 is 0 Å². The van der Waals surface area contributed by atoms with Crippen molar-refractivity contribution in [3.05, 3.63) is 40.7 Å². The lowest BCUT2D eigenvalue weighted by atomic mass is 10.1. The van der Waals surface area contributed by atoms with Gasteiger partial charge in [-0.25, -0.2) is 0 Å². The first-order valence-corrected chi connectivity index (χ1v) is 5.44. The SMILES string of the molecule is CCN1C=CC(c2cccs2)=CC1. The van der Waals surface area contributed by atoms with Crippen LogP contribution in [0.2, 0.25) is 0 Å². The van der Waals surface area contributed by atoms with Gasteiger partial charge in [-0.2, -0.15) is 0 Å². The van der Waals surface area contributed by atoms with Gasteiger partial charge < -0.3 is 4.90 Å². The van der Waals surface area contributed by atoms with Crippen LogP contribution in [0.1, 0.15) is 11.8 Å². The maximum Gasteiger partial charge on any atom is 0.0363 e. The lowest BCUT2D eigenvalue weighted by Gasteiger charge is -2.20. The zero-order valence-corrected chi connectivity index (χ0v) is 8.55. The van der Waals surface area contributed by atoms with Crippen LogP contribution >= 0.6 is 11.3 Å². The van der Waals surface area contributed by atoms with Crippen molar-refractivity contribution in [1.82, 2.24) is 4.90 Å². The Morgan fingerprint density at radius 3 is 3.00 bits per heavy atom. The molecule has 0 atom stereocenters. The molecule has 1 aromatic rings. The third-order valence-corrected chi connectivity index (χ3v) is 3.14.